The highest BCUT2D eigenvalue weighted by molar-refractivity contribution is 7.91. The Morgan fingerprint density at radius 2 is 1.74 bits per heavy atom. The van der Waals surface area contributed by atoms with Crippen molar-refractivity contribution < 1.29 is 36.2 Å². The van der Waals surface area contributed by atoms with E-state index in [1.807, 2.05) is 6.92 Å². The molecule has 1 fully saturated rings. The minimum absolute atomic E-state index is 0.0456. The van der Waals surface area contributed by atoms with Crippen LogP contribution in [0.1, 0.15) is 71.1 Å². The Labute approximate surface area is 250 Å². The Kier molecular flexibility index (Phi) is 10.2. The average Bonchev–Trinajstić information content (AvgIpc) is 3.41. The van der Waals surface area contributed by atoms with Crippen molar-refractivity contribution in [3.63, 3.8) is 0 Å². The predicted molar refractivity (Wildman–Crippen MR) is 159 cm³/mol. The van der Waals surface area contributed by atoms with Gasteiger partial charge in [0.15, 0.2) is 9.84 Å². The van der Waals surface area contributed by atoms with Crippen LogP contribution in [0.3, 0.4) is 0 Å². The number of aliphatic hydroxyl groups excluding tert-OH is 1. The van der Waals surface area contributed by atoms with Crippen molar-refractivity contribution in [1.82, 2.24) is 0 Å². The van der Waals surface area contributed by atoms with Crippen LogP contribution >= 0.6 is 0 Å². The van der Waals surface area contributed by atoms with Crippen molar-refractivity contribution in [2.24, 2.45) is 5.73 Å². The number of carbonyl (C=O) groups is 1. The molecule has 7 nitrogen and oxygen atoms in total. The molecule has 1 saturated heterocycles. The first kappa shape index (κ1) is 32.5. The van der Waals surface area contributed by atoms with Gasteiger partial charge in [0.05, 0.1) is 35.5 Å². The van der Waals surface area contributed by atoms with Crippen molar-refractivity contribution in [2.75, 3.05) is 37.0 Å². The summed E-state index contributed by atoms with van der Waals surface area (Å²) in [5.41, 5.74) is 7.90. The van der Waals surface area contributed by atoms with E-state index >= 15 is 0 Å². The van der Waals surface area contributed by atoms with Gasteiger partial charge in [-0.25, -0.2) is 8.42 Å². The van der Waals surface area contributed by atoms with E-state index in [-0.39, 0.29) is 34.8 Å². The Balaban J connectivity index is 1.70. The molecule has 3 N–H and O–H groups in total. The SMILES string of the molecule is CCCOC[C@@H]1CC(c2ccc(C(F)(F)F)cc2)CN1c1ccc(C(N)=O)c([C@H](CO)c2ccc(S(=O)(=O)CC)cc2)c1. The number of hydrogen-bond donors (Lipinski definition) is 2. The number of hydrogen-bond acceptors (Lipinski definition) is 6. The summed E-state index contributed by atoms with van der Waals surface area (Å²) < 4.78 is 69.9. The first-order chi connectivity index (χ1) is 20.4. The van der Waals surface area contributed by atoms with Gasteiger partial charge < -0.3 is 20.5 Å². The van der Waals surface area contributed by atoms with Crippen molar-refractivity contribution in [3.05, 3.63) is 94.5 Å². The molecule has 232 valence electrons. The number of alkyl halides is 3. The van der Waals surface area contributed by atoms with Crippen molar-refractivity contribution in [3.8, 4) is 0 Å². The van der Waals surface area contributed by atoms with E-state index in [2.05, 4.69) is 4.90 Å². The van der Waals surface area contributed by atoms with Crippen LogP contribution in [-0.4, -0.2) is 57.6 Å². The quantitative estimate of drug-likeness (QED) is 0.259. The summed E-state index contributed by atoms with van der Waals surface area (Å²) >= 11 is 0. The summed E-state index contributed by atoms with van der Waals surface area (Å²) in [5.74, 6) is -1.43. The van der Waals surface area contributed by atoms with Crippen LogP contribution in [0.5, 0.6) is 0 Å². The maximum absolute atomic E-state index is 13.1. The van der Waals surface area contributed by atoms with Crippen LogP contribution in [0.2, 0.25) is 0 Å². The second kappa shape index (κ2) is 13.5. The molecule has 1 amide bonds. The predicted octanol–water partition coefficient (Wildman–Crippen LogP) is 5.51. The van der Waals surface area contributed by atoms with Gasteiger partial charge in [-0.15, -0.1) is 0 Å². The zero-order valence-corrected chi connectivity index (χ0v) is 25.0. The van der Waals surface area contributed by atoms with Gasteiger partial charge in [-0.3, -0.25) is 4.79 Å². The summed E-state index contributed by atoms with van der Waals surface area (Å²) in [5, 5.41) is 10.5. The van der Waals surface area contributed by atoms with Gasteiger partial charge in [-0.05, 0) is 72.0 Å². The third kappa shape index (κ3) is 7.39. The summed E-state index contributed by atoms with van der Waals surface area (Å²) in [7, 11) is -3.42. The zero-order chi connectivity index (χ0) is 31.4. The lowest BCUT2D eigenvalue weighted by molar-refractivity contribution is -0.137. The van der Waals surface area contributed by atoms with Gasteiger partial charge in [0, 0.05) is 36.2 Å². The second-order valence-electron chi connectivity index (χ2n) is 10.8. The van der Waals surface area contributed by atoms with Gasteiger partial charge in [0.1, 0.15) is 0 Å². The fourth-order valence-corrected chi connectivity index (χ4v) is 6.52. The normalized spacial score (nSPS) is 18.1. The van der Waals surface area contributed by atoms with Crippen LogP contribution in [0, 0.1) is 0 Å². The van der Waals surface area contributed by atoms with Crippen molar-refractivity contribution in [1.29, 1.82) is 0 Å². The molecule has 1 heterocycles. The molecule has 4 rings (SSSR count). The maximum Gasteiger partial charge on any atom is 0.416 e. The fourth-order valence-electron chi connectivity index (χ4n) is 5.64. The number of benzene rings is 3. The first-order valence-electron chi connectivity index (χ1n) is 14.3. The van der Waals surface area contributed by atoms with E-state index < -0.39 is 33.4 Å². The third-order valence-corrected chi connectivity index (χ3v) is 9.74. The molecule has 3 aromatic rings. The van der Waals surface area contributed by atoms with Crippen LogP contribution in [-0.2, 0) is 20.8 Å². The third-order valence-electron chi connectivity index (χ3n) is 7.99. The van der Waals surface area contributed by atoms with Crippen LogP contribution in [0.25, 0.3) is 0 Å². The minimum atomic E-state index is -4.41. The molecule has 0 spiro atoms. The molecule has 3 atom stereocenters. The molecule has 43 heavy (non-hydrogen) atoms. The molecular formula is C32H37F3N2O5S. The molecule has 11 heteroatoms. The van der Waals surface area contributed by atoms with Crippen LogP contribution in [0.4, 0.5) is 18.9 Å². The highest BCUT2D eigenvalue weighted by Gasteiger charge is 2.35. The number of primary amides is 1. The number of ether oxygens (including phenoxy) is 1. The molecule has 3 aromatic carbocycles. The standard InChI is InChI=1S/C32H37F3N2O5S/c1-3-15-42-20-26-16-23(21-5-9-24(10-6-21)32(33,34)35)18-37(26)25-11-14-28(31(36)39)29(17-25)30(19-38)22-7-12-27(13-8-22)43(40,41)4-2/h5-14,17,23,26,30,38H,3-4,15-16,18-20H2,1-2H3,(H2,36,39)/t23?,26-,30+/m0/s1. The topological polar surface area (TPSA) is 110 Å². The van der Waals surface area contributed by atoms with Crippen LogP contribution < -0.4 is 10.6 Å². The molecule has 0 aliphatic carbocycles. The summed E-state index contributed by atoms with van der Waals surface area (Å²) in [6.07, 6.45) is -2.93. The number of sulfone groups is 1. The number of nitrogens with two attached hydrogens (primary N) is 1. The summed E-state index contributed by atoms with van der Waals surface area (Å²) in [6.45, 7) is 4.69. The van der Waals surface area contributed by atoms with Gasteiger partial charge in [-0.2, -0.15) is 13.2 Å². The molecule has 1 aliphatic heterocycles. The van der Waals surface area contributed by atoms with E-state index in [9.17, 15) is 31.5 Å². The molecule has 1 unspecified atom stereocenters. The number of aliphatic hydroxyl groups is 1. The molecule has 0 bridgehead atoms. The Morgan fingerprint density at radius 1 is 1.07 bits per heavy atom. The molecule has 1 aliphatic rings. The minimum Gasteiger partial charge on any atom is -0.395 e. The number of anilines is 1. The monoisotopic (exact) mass is 618 g/mol. The van der Waals surface area contributed by atoms with E-state index in [0.717, 1.165) is 29.8 Å². The molecular weight excluding hydrogens is 581 g/mol. The average molecular weight is 619 g/mol. The number of halogens is 3. The maximum atomic E-state index is 13.1. The summed E-state index contributed by atoms with van der Waals surface area (Å²) in [4.78, 5) is 14.7. The zero-order valence-electron chi connectivity index (χ0n) is 24.2. The lowest BCUT2D eigenvalue weighted by Crippen LogP contribution is -2.33. The number of rotatable bonds is 12. The first-order valence-corrected chi connectivity index (χ1v) is 15.9. The molecule has 0 saturated carbocycles. The summed E-state index contributed by atoms with van der Waals surface area (Å²) in [6, 6.07) is 16.6. The number of amides is 1. The lowest BCUT2D eigenvalue weighted by atomic mass is 9.88. The highest BCUT2D eigenvalue weighted by atomic mass is 32.2. The van der Waals surface area contributed by atoms with Gasteiger partial charge in [-0.1, -0.05) is 38.1 Å². The van der Waals surface area contributed by atoms with E-state index in [1.54, 1.807) is 37.3 Å². The number of nitrogens with zero attached hydrogens (tertiary/aromatic N) is 1. The van der Waals surface area contributed by atoms with Gasteiger partial charge in [0.2, 0.25) is 5.91 Å². The van der Waals surface area contributed by atoms with Gasteiger partial charge >= 0.3 is 6.18 Å². The Hall–Kier alpha value is -3.41. The second-order valence-corrected chi connectivity index (χ2v) is 13.1. The fraction of sp³-hybridized carbons (Fsp3) is 0.406. The van der Waals surface area contributed by atoms with E-state index in [1.165, 1.54) is 24.3 Å². The highest BCUT2D eigenvalue weighted by Crippen LogP contribution is 2.39. The Morgan fingerprint density at radius 3 is 2.30 bits per heavy atom. The lowest BCUT2D eigenvalue weighted by Gasteiger charge is -2.29. The van der Waals surface area contributed by atoms with Crippen molar-refractivity contribution in [2.45, 2.75) is 55.6 Å². The number of carbonyl (C=O) groups excluding carboxylic acids is 1. The molecule has 0 radical (unpaired) electrons. The van der Waals surface area contributed by atoms with Gasteiger partial charge in [0.25, 0.3) is 0 Å². The smallest absolute Gasteiger partial charge is 0.395 e. The molecule has 0 aromatic heterocycles. The Bertz CT molecular complexity index is 1510. The largest absolute Gasteiger partial charge is 0.416 e. The van der Waals surface area contributed by atoms with Crippen molar-refractivity contribution >= 4 is 21.4 Å². The van der Waals surface area contributed by atoms with E-state index in [4.69, 9.17) is 10.5 Å². The van der Waals surface area contributed by atoms with E-state index in [0.29, 0.717) is 37.3 Å². The van der Waals surface area contributed by atoms with Crippen LogP contribution in [0.15, 0.2) is 71.6 Å².